The van der Waals surface area contributed by atoms with Gasteiger partial charge in [0.2, 0.25) is 0 Å². The molecule has 1 unspecified atom stereocenters. The Kier molecular flexibility index (Phi) is 3.07. The van der Waals surface area contributed by atoms with Crippen molar-refractivity contribution >= 4 is 27.4 Å². The number of nitrogens with zero attached hydrogens (tertiary/aromatic N) is 5. The molecular weight excluding hydrogens is 284 g/mol. The molecule has 6 nitrogen and oxygen atoms in total. The summed E-state index contributed by atoms with van der Waals surface area (Å²) in [5.74, 6) is 3.64. The van der Waals surface area contributed by atoms with E-state index in [1.807, 2.05) is 6.92 Å². The van der Waals surface area contributed by atoms with Gasteiger partial charge in [-0.2, -0.15) is 0 Å². The van der Waals surface area contributed by atoms with E-state index in [1.165, 1.54) is 0 Å². The lowest BCUT2D eigenvalue weighted by atomic mass is 9.99. The van der Waals surface area contributed by atoms with Gasteiger partial charge < -0.3 is 9.88 Å². The third kappa shape index (κ3) is 2.27. The van der Waals surface area contributed by atoms with Gasteiger partial charge in [-0.3, -0.25) is 0 Å². The summed E-state index contributed by atoms with van der Waals surface area (Å²) >= 11 is 1.64. The molecule has 0 amide bonds. The van der Waals surface area contributed by atoms with E-state index in [1.54, 1.807) is 17.7 Å². The molecule has 1 aliphatic heterocycles. The van der Waals surface area contributed by atoms with Crippen molar-refractivity contribution in [1.82, 2.24) is 24.7 Å². The van der Waals surface area contributed by atoms with Crippen molar-refractivity contribution in [3.8, 4) is 0 Å². The third-order valence-electron chi connectivity index (χ3n) is 4.05. The SMILES string of the molecule is Cc1nnc2n1CC(CNc1ncnc3sccc13)CC2. The molecule has 7 heteroatoms. The van der Waals surface area contributed by atoms with E-state index in [0.717, 1.165) is 53.6 Å². The molecule has 0 aromatic carbocycles. The van der Waals surface area contributed by atoms with Crippen LogP contribution in [0.5, 0.6) is 0 Å². The van der Waals surface area contributed by atoms with Crippen LogP contribution in [0.4, 0.5) is 5.82 Å². The number of aromatic nitrogens is 5. The van der Waals surface area contributed by atoms with Crippen LogP contribution in [-0.4, -0.2) is 31.3 Å². The van der Waals surface area contributed by atoms with Gasteiger partial charge in [0.05, 0.1) is 5.39 Å². The van der Waals surface area contributed by atoms with E-state index < -0.39 is 0 Å². The first-order valence-electron chi connectivity index (χ1n) is 7.12. The van der Waals surface area contributed by atoms with Crippen LogP contribution in [0.3, 0.4) is 0 Å². The lowest BCUT2D eigenvalue weighted by Crippen LogP contribution is -2.27. The molecule has 3 aromatic rings. The topological polar surface area (TPSA) is 68.5 Å². The molecule has 0 radical (unpaired) electrons. The molecule has 1 N–H and O–H groups in total. The van der Waals surface area contributed by atoms with Crippen LogP contribution in [0.2, 0.25) is 0 Å². The lowest BCUT2D eigenvalue weighted by molar-refractivity contribution is 0.377. The van der Waals surface area contributed by atoms with Crippen molar-refractivity contribution in [3.63, 3.8) is 0 Å². The van der Waals surface area contributed by atoms with Crippen molar-refractivity contribution in [2.75, 3.05) is 11.9 Å². The predicted molar refractivity (Wildman–Crippen MR) is 82.5 cm³/mol. The van der Waals surface area contributed by atoms with E-state index in [2.05, 4.69) is 41.5 Å². The molecule has 0 spiro atoms. The third-order valence-corrected chi connectivity index (χ3v) is 4.87. The first-order valence-corrected chi connectivity index (χ1v) is 8.00. The lowest BCUT2D eigenvalue weighted by Gasteiger charge is -2.24. The second-order valence-corrected chi connectivity index (χ2v) is 6.32. The van der Waals surface area contributed by atoms with Crippen LogP contribution in [0.15, 0.2) is 17.8 Å². The van der Waals surface area contributed by atoms with Gasteiger partial charge in [-0.05, 0) is 30.7 Å². The Morgan fingerprint density at radius 3 is 3.29 bits per heavy atom. The fourth-order valence-corrected chi connectivity index (χ4v) is 3.60. The smallest absolute Gasteiger partial charge is 0.138 e. The first-order chi connectivity index (χ1) is 10.3. The van der Waals surface area contributed by atoms with E-state index in [4.69, 9.17) is 0 Å². The standard InChI is InChI=1S/C14H16N6S/c1-9-18-19-12-3-2-10(7-20(9)12)6-15-13-11-4-5-21-14(11)17-8-16-13/h4-5,8,10H,2-3,6-7H2,1H3,(H,15,16,17). The molecule has 0 saturated heterocycles. The Labute approximate surface area is 126 Å². The van der Waals surface area contributed by atoms with Crippen molar-refractivity contribution < 1.29 is 0 Å². The number of thiophene rings is 1. The minimum atomic E-state index is 0.579. The Morgan fingerprint density at radius 1 is 1.38 bits per heavy atom. The monoisotopic (exact) mass is 300 g/mol. The van der Waals surface area contributed by atoms with Crippen LogP contribution >= 0.6 is 11.3 Å². The van der Waals surface area contributed by atoms with E-state index in [0.29, 0.717) is 5.92 Å². The van der Waals surface area contributed by atoms with Gasteiger partial charge in [-0.25, -0.2) is 9.97 Å². The predicted octanol–water partition coefficient (Wildman–Crippen LogP) is 2.27. The molecule has 21 heavy (non-hydrogen) atoms. The maximum atomic E-state index is 4.37. The van der Waals surface area contributed by atoms with Crippen LogP contribution in [0.1, 0.15) is 18.1 Å². The Bertz CT molecular complexity index is 777. The van der Waals surface area contributed by atoms with E-state index in [9.17, 15) is 0 Å². The largest absolute Gasteiger partial charge is 0.369 e. The van der Waals surface area contributed by atoms with Crippen LogP contribution in [0, 0.1) is 12.8 Å². The highest BCUT2D eigenvalue weighted by atomic mass is 32.1. The minimum absolute atomic E-state index is 0.579. The number of fused-ring (bicyclic) bond motifs is 2. The van der Waals surface area contributed by atoms with Crippen molar-refractivity contribution in [3.05, 3.63) is 29.4 Å². The van der Waals surface area contributed by atoms with Gasteiger partial charge in [-0.15, -0.1) is 21.5 Å². The molecule has 4 rings (SSSR count). The fraction of sp³-hybridized carbons (Fsp3) is 0.429. The average Bonchev–Trinajstić information content (AvgIpc) is 3.12. The minimum Gasteiger partial charge on any atom is -0.369 e. The maximum Gasteiger partial charge on any atom is 0.138 e. The Hall–Kier alpha value is -2.02. The van der Waals surface area contributed by atoms with Gasteiger partial charge in [-0.1, -0.05) is 0 Å². The zero-order chi connectivity index (χ0) is 14.2. The summed E-state index contributed by atoms with van der Waals surface area (Å²) in [5.41, 5.74) is 0. The van der Waals surface area contributed by atoms with Gasteiger partial charge in [0.1, 0.15) is 28.6 Å². The first kappa shape index (κ1) is 12.7. The second kappa shape index (κ2) is 5.07. The molecule has 3 aromatic heterocycles. The summed E-state index contributed by atoms with van der Waals surface area (Å²) in [6, 6.07) is 2.07. The summed E-state index contributed by atoms with van der Waals surface area (Å²) in [7, 11) is 0. The maximum absolute atomic E-state index is 4.37. The number of hydrogen-bond donors (Lipinski definition) is 1. The van der Waals surface area contributed by atoms with Crippen molar-refractivity contribution in [2.24, 2.45) is 5.92 Å². The highest BCUT2D eigenvalue weighted by Gasteiger charge is 2.21. The molecule has 0 bridgehead atoms. The van der Waals surface area contributed by atoms with Crippen LogP contribution in [-0.2, 0) is 13.0 Å². The van der Waals surface area contributed by atoms with E-state index in [-0.39, 0.29) is 0 Å². The average molecular weight is 300 g/mol. The molecule has 0 saturated carbocycles. The quantitative estimate of drug-likeness (QED) is 0.803. The highest BCUT2D eigenvalue weighted by molar-refractivity contribution is 7.16. The number of rotatable bonds is 3. The molecular formula is C14H16N6S. The summed E-state index contributed by atoms with van der Waals surface area (Å²) in [5, 5.41) is 15.0. The number of hydrogen-bond acceptors (Lipinski definition) is 6. The van der Waals surface area contributed by atoms with Crippen molar-refractivity contribution in [2.45, 2.75) is 26.3 Å². The summed E-state index contributed by atoms with van der Waals surface area (Å²) in [6.45, 7) is 3.92. The van der Waals surface area contributed by atoms with Crippen LogP contribution < -0.4 is 5.32 Å². The van der Waals surface area contributed by atoms with Gasteiger partial charge in [0.25, 0.3) is 0 Å². The summed E-state index contributed by atoms with van der Waals surface area (Å²) < 4.78 is 2.23. The molecule has 0 aliphatic carbocycles. The fourth-order valence-electron chi connectivity index (χ4n) is 2.87. The molecule has 4 heterocycles. The Balaban J connectivity index is 1.48. The number of aryl methyl sites for hydroxylation is 2. The zero-order valence-corrected chi connectivity index (χ0v) is 12.6. The number of anilines is 1. The van der Waals surface area contributed by atoms with Crippen molar-refractivity contribution in [1.29, 1.82) is 0 Å². The molecule has 0 fully saturated rings. The second-order valence-electron chi connectivity index (χ2n) is 5.42. The number of nitrogens with one attached hydrogen (secondary N) is 1. The molecule has 1 atom stereocenters. The summed E-state index contributed by atoms with van der Waals surface area (Å²) in [4.78, 5) is 9.68. The van der Waals surface area contributed by atoms with Gasteiger partial charge in [0, 0.05) is 19.5 Å². The van der Waals surface area contributed by atoms with E-state index >= 15 is 0 Å². The van der Waals surface area contributed by atoms with Crippen LogP contribution in [0.25, 0.3) is 10.2 Å². The summed E-state index contributed by atoms with van der Waals surface area (Å²) in [6.07, 6.45) is 3.78. The highest BCUT2D eigenvalue weighted by Crippen LogP contribution is 2.25. The Morgan fingerprint density at radius 2 is 2.33 bits per heavy atom. The van der Waals surface area contributed by atoms with Gasteiger partial charge in [0.15, 0.2) is 0 Å². The zero-order valence-electron chi connectivity index (χ0n) is 11.8. The molecule has 108 valence electrons. The van der Waals surface area contributed by atoms with Gasteiger partial charge >= 0.3 is 0 Å². The normalized spacial score (nSPS) is 17.9. The molecule has 1 aliphatic rings.